The Kier molecular flexibility index (Phi) is 7.36. The number of anilines is 1. The average molecular weight is 342 g/mol. The topological polar surface area (TPSA) is 58.2 Å². The Morgan fingerprint density at radius 1 is 1.00 bits per heavy atom. The highest BCUT2D eigenvalue weighted by molar-refractivity contribution is 7.98. The van der Waals surface area contributed by atoms with Gasteiger partial charge in [0.15, 0.2) is 0 Å². The lowest BCUT2D eigenvalue weighted by molar-refractivity contribution is -0.126. The van der Waals surface area contributed by atoms with Crippen LogP contribution in [0.2, 0.25) is 0 Å². The fraction of sp³-hybridized carbons (Fsp3) is 0.263. The van der Waals surface area contributed by atoms with Gasteiger partial charge in [0.1, 0.15) is 6.04 Å². The van der Waals surface area contributed by atoms with Crippen LogP contribution in [0.1, 0.15) is 12.0 Å². The highest BCUT2D eigenvalue weighted by Crippen LogP contribution is 2.09. The highest BCUT2D eigenvalue weighted by atomic mass is 32.2. The van der Waals surface area contributed by atoms with Gasteiger partial charge in [-0.15, -0.1) is 0 Å². The number of hydrogen-bond acceptors (Lipinski definition) is 3. The molecule has 0 fully saturated rings. The Hall–Kier alpha value is -2.27. The second-order valence-electron chi connectivity index (χ2n) is 5.42. The predicted molar refractivity (Wildman–Crippen MR) is 100 cm³/mol. The smallest absolute Gasteiger partial charge is 0.246 e. The first-order chi connectivity index (χ1) is 11.7. The van der Waals surface area contributed by atoms with Gasteiger partial charge in [0.05, 0.1) is 6.42 Å². The monoisotopic (exact) mass is 342 g/mol. The summed E-state index contributed by atoms with van der Waals surface area (Å²) in [5.74, 6) is 0.477. The highest BCUT2D eigenvalue weighted by Gasteiger charge is 2.20. The summed E-state index contributed by atoms with van der Waals surface area (Å²) in [5.41, 5.74) is 1.66. The molecule has 2 amide bonds. The first-order valence-corrected chi connectivity index (χ1v) is 9.26. The Morgan fingerprint density at radius 2 is 1.62 bits per heavy atom. The minimum atomic E-state index is -0.533. The molecule has 5 heteroatoms. The van der Waals surface area contributed by atoms with E-state index in [1.165, 1.54) is 0 Å². The molecule has 126 valence electrons. The molecular formula is C19H22N2O2S. The maximum Gasteiger partial charge on any atom is 0.246 e. The molecule has 0 radical (unpaired) electrons. The third kappa shape index (κ3) is 6.08. The normalized spacial score (nSPS) is 11.5. The van der Waals surface area contributed by atoms with Crippen LogP contribution in [0.15, 0.2) is 60.7 Å². The molecule has 0 aromatic heterocycles. The number of carbonyl (C=O) groups is 2. The number of nitrogens with one attached hydrogen (secondary N) is 2. The number of amides is 2. The van der Waals surface area contributed by atoms with Crippen LogP contribution >= 0.6 is 11.8 Å². The number of carbonyl (C=O) groups excluding carboxylic acids is 2. The van der Waals surface area contributed by atoms with E-state index in [0.29, 0.717) is 6.42 Å². The molecular weight excluding hydrogens is 320 g/mol. The van der Waals surface area contributed by atoms with Crippen molar-refractivity contribution in [3.05, 3.63) is 66.2 Å². The van der Waals surface area contributed by atoms with Crippen LogP contribution < -0.4 is 10.6 Å². The van der Waals surface area contributed by atoms with Crippen molar-refractivity contribution >= 4 is 29.3 Å². The lowest BCUT2D eigenvalue weighted by Crippen LogP contribution is -2.44. The average Bonchev–Trinajstić information content (AvgIpc) is 2.60. The van der Waals surface area contributed by atoms with E-state index in [1.54, 1.807) is 11.8 Å². The van der Waals surface area contributed by atoms with Crippen LogP contribution in [-0.4, -0.2) is 29.9 Å². The Morgan fingerprint density at radius 3 is 2.25 bits per heavy atom. The molecule has 0 saturated heterocycles. The van der Waals surface area contributed by atoms with Gasteiger partial charge in [-0.3, -0.25) is 9.59 Å². The van der Waals surface area contributed by atoms with Crippen molar-refractivity contribution < 1.29 is 9.59 Å². The van der Waals surface area contributed by atoms with Crippen LogP contribution in [0.5, 0.6) is 0 Å². The van der Waals surface area contributed by atoms with Gasteiger partial charge < -0.3 is 10.6 Å². The van der Waals surface area contributed by atoms with Crippen molar-refractivity contribution in [2.24, 2.45) is 0 Å². The van der Waals surface area contributed by atoms with E-state index >= 15 is 0 Å². The zero-order valence-corrected chi connectivity index (χ0v) is 14.5. The van der Waals surface area contributed by atoms with Crippen LogP contribution in [0.25, 0.3) is 0 Å². The SMILES string of the molecule is CSCC[C@@H](NC(=O)Cc1ccccc1)C(=O)Nc1ccccc1. The lowest BCUT2D eigenvalue weighted by Gasteiger charge is -2.18. The van der Waals surface area contributed by atoms with E-state index in [0.717, 1.165) is 17.0 Å². The second kappa shape index (κ2) is 9.78. The van der Waals surface area contributed by atoms with Crippen LogP contribution in [-0.2, 0) is 16.0 Å². The molecule has 2 N–H and O–H groups in total. The maximum absolute atomic E-state index is 12.5. The van der Waals surface area contributed by atoms with E-state index < -0.39 is 6.04 Å². The molecule has 2 aromatic rings. The number of para-hydroxylation sites is 1. The largest absolute Gasteiger partial charge is 0.344 e. The fourth-order valence-corrected chi connectivity index (χ4v) is 2.75. The first-order valence-electron chi connectivity index (χ1n) is 7.87. The third-order valence-corrected chi connectivity index (χ3v) is 4.16. The van der Waals surface area contributed by atoms with E-state index in [9.17, 15) is 9.59 Å². The fourth-order valence-electron chi connectivity index (χ4n) is 2.28. The third-order valence-electron chi connectivity index (χ3n) is 3.51. The first kappa shape index (κ1) is 18.1. The molecule has 0 aliphatic rings. The molecule has 2 aromatic carbocycles. The van der Waals surface area contributed by atoms with Gasteiger partial charge in [-0.1, -0.05) is 48.5 Å². The van der Waals surface area contributed by atoms with Gasteiger partial charge in [-0.05, 0) is 36.1 Å². The van der Waals surface area contributed by atoms with E-state index in [1.807, 2.05) is 66.9 Å². The zero-order valence-electron chi connectivity index (χ0n) is 13.7. The van der Waals surface area contributed by atoms with Crippen molar-refractivity contribution in [3.8, 4) is 0 Å². The Balaban J connectivity index is 1.96. The molecule has 1 atom stereocenters. The van der Waals surface area contributed by atoms with Crippen LogP contribution in [0, 0.1) is 0 Å². The molecule has 4 nitrogen and oxygen atoms in total. The van der Waals surface area contributed by atoms with Crippen molar-refractivity contribution in [3.63, 3.8) is 0 Å². The van der Waals surface area contributed by atoms with Crippen molar-refractivity contribution in [1.82, 2.24) is 5.32 Å². The quantitative estimate of drug-likeness (QED) is 0.775. The number of thioether (sulfide) groups is 1. The standard InChI is InChI=1S/C19H22N2O2S/c1-24-13-12-17(19(23)20-16-10-6-3-7-11-16)21-18(22)14-15-8-4-2-5-9-15/h2-11,17H,12-14H2,1H3,(H,20,23)(H,21,22)/t17-/m1/s1. The van der Waals surface area contributed by atoms with Gasteiger partial charge in [0.2, 0.25) is 11.8 Å². The molecule has 0 saturated carbocycles. The van der Waals surface area contributed by atoms with Gasteiger partial charge in [-0.2, -0.15) is 11.8 Å². The van der Waals surface area contributed by atoms with Gasteiger partial charge in [-0.25, -0.2) is 0 Å². The number of benzene rings is 2. The van der Waals surface area contributed by atoms with Gasteiger partial charge in [0, 0.05) is 5.69 Å². The van der Waals surface area contributed by atoms with Crippen LogP contribution in [0.3, 0.4) is 0 Å². The molecule has 2 rings (SSSR count). The Bertz CT molecular complexity index is 647. The summed E-state index contributed by atoms with van der Waals surface area (Å²) < 4.78 is 0. The summed E-state index contributed by atoms with van der Waals surface area (Å²) in [5, 5.41) is 5.71. The molecule has 0 unspecified atom stereocenters. The summed E-state index contributed by atoms with van der Waals surface area (Å²) in [4.78, 5) is 24.7. The minimum Gasteiger partial charge on any atom is -0.344 e. The number of hydrogen-bond donors (Lipinski definition) is 2. The zero-order chi connectivity index (χ0) is 17.2. The summed E-state index contributed by atoms with van der Waals surface area (Å²) in [6.45, 7) is 0. The predicted octanol–water partition coefficient (Wildman–Crippen LogP) is 3.11. The van der Waals surface area contributed by atoms with Gasteiger partial charge >= 0.3 is 0 Å². The van der Waals surface area contributed by atoms with Gasteiger partial charge in [0.25, 0.3) is 0 Å². The Labute approximate surface area is 147 Å². The minimum absolute atomic E-state index is 0.143. The van der Waals surface area contributed by atoms with Crippen molar-refractivity contribution in [2.45, 2.75) is 18.9 Å². The van der Waals surface area contributed by atoms with Crippen LogP contribution in [0.4, 0.5) is 5.69 Å². The maximum atomic E-state index is 12.5. The molecule has 0 heterocycles. The second-order valence-corrected chi connectivity index (χ2v) is 6.40. The van der Waals surface area contributed by atoms with Crippen molar-refractivity contribution in [2.75, 3.05) is 17.3 Å². The van der Waals surface area contributed by atoms with Crippen molar-refractivity contribution in [1.29, 1.82) is 0 Å². The molecule has 0 spiro atoms. The summed E-state index contributed by atoms with van der Waals surface area (Å²) in [6, 6.07) is 18.3. The molecule has 0 aliphatic carbocycles. The molecule has 0 bridgehead atoms. The summed E-state index contributed by atoms with van der Waals surface area (Å²) in [7, 11) is 0. The van der Waals surface area contributed by atoms with E-state index in [2.05, 4.69) is 10.6 Å². The van der Waals surface area contributed by atoms with E-state index in [-0.39, 0.29) is 18.2 Å². The molecule has 24 heavy (non-hydrogen) atoms. The van der Waals surface area contributed by atoms with E-state index in [4.69, 9.17) is 0 Å². The summed E-state index contributed by atoms with van der Waals surface area (Å²) in [6.07, 6.45) is 2.85. The lowest BCUT2D eigenvalue weighted by atomic mass is 10.1. The molecule has 0 aliphatic heterocycles. The number of rotatable bonds is 8. The summed E-state index contributed by atoms with van der Waals surface area (Å²) >= 11 is 1.65.